The Bertz CT molecular complexity index is 810. The Kier molecular flexibility index (Phi) is 8.37. The Morgan fingerprint density at radius 3 is 2.81 bits per heavy atom. The second kappa shape index (κ2) is 10.5. The van der Waals surface area contributed by atoms with E-state index in [1.165, 1.54) is 4.88 Å². The fourth-order valence-corrected chi connectivity index (χ4v) is 3.36. The molecule has 3 aromatic rings. The van der Waals surface area contributed by atoms with E-state index in [1.807, 2.05) is 24.4 Å². The lowest BCUT2D eigenvalue weighted by atomic mass is 10.2. The average molecular weight is 484 g/mol. The van der Waals surface area contributed by atoms with Crippen LogP contribution in [0.25, 0.3) is 11.0 Å². The van der Waals surface area contributed by atoms with Crippen molar-refractivity contribution in [2.45, 2.75) is 26.7 Å². The molecule has 0 spiro atoms. The van der Waals surface area contributed by atoms with E-state index < -0.39 is 0 Å². The zero-order chi connectivity index (χ0) is 17.5. The molecule has 7 heteroatoms. The number of nitrogens with one attached hydrogen (secondary N) is 2. The van der Waals surface area contributed by atoms with Gasteiger partial charge in [-0.15, -0.1) is 35.3 Å². The summed E-state index contributed by atoms with van der Waals surface area (Å²) in [4.78, 5) is 10.2. The third kappa shape index (κ3) is 5.98. The van der Waals surface area contributed by atoms with Gasteiger partial charge < -0.3 is 15.1 Å². The van der Waals surface area contributed by atoms with Gasteiger partial charge >= 0.3 is 0 Å². The number of thiazole rings is 1. The van der Waals surface area contributed by atoms with Crippen LogP contribution >= 0.6 is 35.3 Å². The third-order valence-electron chi connectivity index (χ3n) is 3.75. The van der Waals surface area contributed by atoms with Crippen molar-refractivity contribution in [2.75, 3.05) is 19.6 Å². The largest absolute Gasteiger partial charge is 0.461 e. The Morgan fingerprint density at radius 1 is 1.23 bits per heavy atom. The molecule has 0 saturated carbocycles. The number of rotatable bonds is 7. The molecule has 2 N–H and O–H groups in total. The van der Waals surface area contributed by atoms with Gasteiger partial charge in [0.2, 0.25) is 0 Å². The number of aromatic nitrogens is 1. The van der Waals surface area contributed by atoms with Gasteiger partial charge in [0.05, 0.1) is 5.01 Å². The summed E-state index contributed by atoms with van der Waals surface area (Å²) in [6, 6.07) is 10.2. The number of fused-ring (bicyclic) bond motifs is 1. The maximum absolute atomic E-state index is 5.84. The van der Waals surface area contributed by atoms with Crippen molar-refractivity contribution in [3.8, 4) is 0 Å². The highest BCUT2D eigenvalue weighted by molar-refractivity contribution is 14.0. The van der Waals surface area contributed by atoms with Gasteiger partial charge in [0.25, 0.3) is 0 Å². The highest BCUT2D eigenvalue weighted by Crippen LogP contribution is 2.18. The van der Waals surface area contributed by atoms with Crippen LogP contribution in [0.4, 0.5) is 0 Å². The molecule has 2 aromatic heterocycles. The number of hydrogen-bond acceptors (Lipinski definition) is 4. The van der Waals surface area contributed by atoms with Crippen molar-refractivity contribution >= 4 is 52.2 Å². The van der Waals surface area contributed by atoms with Gasteiger partial charge in [-0.3, -0.25) is 4.99 Å². The van der Waals surface area contributed by atoms with Crippen molar-refractivity contribution in [3.05, 3.63) is 52.2 Å². The van der Waals surface area contributed by atoms with E-state index in [1.54, 1.807) is 11.3 Å². The molecule has 0 unspecified atom stereocenters. The first kappa shape index (κ1) is 20.7. The molecule has 0 aliphatic rings. The smallest absolute Gasteiger partial charge is 0.191 e. The molecule has 0 bridgehead atoms. The highest BCUT2D eigenvalue weighted by atomic mass is 127. The Labute approximate surface area is 175 Å². The summed E-state index contributed by atoms with van der Waals surface area (Å²) < 4.78 is 5.84. The van der Waals surface area contributed by atoms with Crippen molar-refractivity contribution in [1.82, 2.24) is 15.6 Å². The predicted octanol–water partition coefficient (Wildman–Crippen LogP) is 4.16. The van der Waals surface area contributed by atoms with E-state index in [2.05, 4.69) is 46.6 Å². The molecule has 2 heterocycles. The lowest BCUT2D eigenvalue weighted by Crippen LogP contribution is -2.38. The van der Waals surface area contributed by atoms with Gasteiger partial charge in [0.1, 0.15) is 11.3 Å². The minimum absolute atomic E-state index is 0. The van der Waals surface area contributed by atoms with E-state index >= 15 is 0 Å². The first-order valence-electron chi connectivity index (χ1n) is 8.65. The zero-order valence-corrected chi connectivity index (χ0v) is 18.3. The summed E-state index contributed by atoms with van der Waals surface area (Å²) in [5, 5.41) is 8.93. The molecular formula is C19H25IN4OS. The molecule has 1 aromatic carbocycles. The molecule has 3 rings (SSSR count). The number of guanidine groups is 1. The molecule has 0 aliphatic carbocycles. The quantitative estimate of drug-likeness (QED) is 0.301. The first-order chi connectivity index (χ1) is 12.2. The standard InChI is InChI=1S/C19H24N4OS.HI/c1-3-20-19(22-11-9-18-23-13-14(2)25-18)21-10-8-16-12-15-6-4-5-7-17(15)24-16;/h4-7,12-13H,3,8-11H2,1-2H3,(H2,20,21,22);1H. The summed E-state index contributed by atoms with van der Waals surface area (Å²) in [6.45, 7) is 6.50. The van der Waals surface area contributed by atoms with Crippen molar-refractivity contribution in [2.24, 2.45) is 4.99 Å². The van der Waals surface area contributed by atoms with Crippen LogP contribution in [0.1, 0.15) is 22.6 Å². The topological polar surface area (TPSA) is 62.5 Å². The van der Waals surface area contributed by atoms with Crippen LogP contribution in [0.15, 0.2) is 45.9 Å². The number of para-hydroxylation sites is 1. The van der Waals surface area contributed by atoms with Crippen LogP contribution in [0.2, 0.25) is 0 Å². The maximum atomic E-state index is 5.84. The number of halogens is 1. The second-order valence-electron chi connectivity index (χ2n) is 5.80. The van der Waals surface area contributed by atoms with Gasteiger partial charge in [-0.1, -0.05) is 18.2 Å². The molecule has 0 amide bonds. The molecule has 0 saturated heterocycles. The van der Waals surface area contributed by atoms with Gasteiger partial charge in [0.15, 0.2) is 5.96 Å². The molecule has 0 radical (unpaired) electrons. The van der Waals surface area contributed by atoms with Crippen LogP contribution < -0.4 is 10.6 Å². The zero-order valence-electron chi connectivity index (χ0n) is 15.1. The number of hydrogen-bond donors (Lipinski definition) is 2. The highest BCUT2D eigenvalue weighted by Gasteiger charge is 2.04. The summed E-state index contributed by atoms with van der Waals surface area (Å²) in [5.74, 6) is 1.83. The fraction of sp³-hybridized carbons (Fsp3) is 0.368. The van der Waals surface area contributed by atoms with Crippen molar-refractivity contribution < 1.29 is 4.42 Å². The number of furan rings is 1. The van der Waals surface area contributed by atoms with Crippen molar-refractivity contribution in [3.63, 3.8) is 0 Å². The van der Waals surface area contributed by atoms with Crippen LogP contribution in [-0.2, 0) is 12.8 Å². The van der Waals surface area contributed by atoms with Crippen molar-refractivity contribution in [1.29, 1.82) is 0 Å². The molecule has 5 nitrogen and oxygen atoms in total. The van der Waals surface area contributed by atoms with E-state index in [9.17, 15) is 0 Å². The van der Waals surface area contributed by atoms with Gasteiger partial charge in [-0.2, -0.15) is 0 Å². The number of aryl methyl sites for hydroxylation is 1. The third-order valence-corrected chi connectivity index (χ3v) is 4.72. The van der Waals surface area contributed by atoms with Crippen LogP contribution in [-0.4, -0.2) is 30.6 Å². The van der Waals surface area contributed by atoms with Gasteiger partial charge in [-0.25, -0.2) is 4.98 Å². The van der Waals surface area contributed by atoms with E-state index in [0.717, 1.165) is 60.2 Å². The van der Waals surface area contributed by atoms with E-state index in [0.29, 0.717) is 0 Å². The van der Waals surface area contributed by atoms with E-state index in [4.69, 9.17) is 4.42 Å². The van der Waals surface area contributed by atoms with Crippen LogP contribution in [0.3, 0.4) is 0 Å². The monoisotopic (exact) mass is 484 g/mol. The normalized spacial score (nSPS) is 11.4. The molecule has 0 atom stereocenters. The maximum Gasteiger partial charge on any atom is 0.191 e. The minimum Gasteiger partial charge on any atom is -0.461 e. The SMILES string of the molecule is CCNC(=NCCc1ncc(C)s1)NCCc1cc2ccccc2o1.I. The Balaban J connectivity index is 0.00000243. The van der Waals surface area contributed by atoms with Crippen LogP contribution in [0, 0.1) is 6.92 Å². The number of benzene rings is 1. The number of nitrogens with zero attached hydrogens (tertiary/aromatic N) is 2. The summed E-state index contributed by atoms with van der Waals surface area (Å²) >= 11 is 1.74. The molecule has 26 heavy (non-hydrogen) atoms. The van der Waals surface area contributed by atoms with Crippen LogP contribution in [0.5, 0.6) is 0 Å². The first-order valence-corrected chi connectivity index (χ1v) is 9.47. The molecular weight excluding hydrogens is 459 g/mol. The van der Waals surface area contributed by atoms with E-state index in [-0.39, 0.29) is 24.0 Å². The fourth-order valence-electron chi connectivity index (χ4n) is 2.59. The molecule has 0 fully saturated rings. The number of aliphatic imine (C=N–C) groups is 1. The minimum atomic E-state index is 0. The molecule has 0 aliphatic heterocycles. The average Bonchev–Trinajstić information content (AvgIpc) is 3.20. The lowest BCUT2D eigenvalue weighted by molar-refractivity contribution is 0.544. The lowest BCUT2D eigenvalue weighted by Gasteiger charge is -2.10. The van der Waals surface area contributed by atoms with Gasteiger partial charge in [-0.05, 0) is 26.0 Å². The predicted molar refractivity (Wildman–Crippen MR) is 120 cm³/mol. The molecule has 140 valence electrons. The second-order valence-corrected chi connectivity index (χ2v) is 7.12. The Hall–Kier alpha value is -1.61. The summed E-state index contributed by atoms with van der Waals surface area (Å²) in [7, 11) is 0. The Morgan fingerprint density at radius 2 is 2.08 bits per heavy atom. The summed E-state index contributed by atoms with van der Waals surface area (Å²) in [5.41, 5.74) is 0.941. The van der Waals surface area contributed by atoms with Gasteiger partial charge in [0, 0.05) is 48.9 Å². The summed E-state index contributed by atoms with van der Waals surface area (Å²) in [6.07, 6.45) is 3.62.